The molecule has 0 aliphatic carbocycles. The highest BCUT2D eigenvalue weighted by Gasteiger charge is 2.45. The lowest BCUT2D eigenvalue weighted by molar-refractivity contribution is -0.140. The van der Waals surface area contributed by atoms with E-state index in [1.54, 1.807) is 83.1 Å². The molecule has 0 unspecified atom stereocenters. The summed E-state index contributed by atoms with van der Waals surface area (Å²) in [5, 5.41) is 9.83. The van der Waals surface area contributed by atoms with Gasteiger partial charge in [-0.1, -0.05) is 0 Å². The van der Waals surface area contributed by atoms with E-state index < -0.39 is 61.8 Å². The lowest BCUT2D eigenvalue weighted by atomic mass is 10.2. The van der Waals surface area contributed by atoms with E-state index in [2.05, 4.69) is 0 Å². The van der Waals surface area contributed by atoms with E-state index in [1.165, 1.54) is 0 Å². The maximum absolute atomic E-state index is 13.5. The highest BCUT2D eigenvalue weighted by molar-refractivity contribution is 7.55. The quantitative estimate of drug-likeness (QED) is 0.388. The van der Waals surface area contributed by atoms with Gasteiger partial charge in [0.15, 0.2) is 0 Å². The van der Waals surface area contributed by atoms with Gasteiger partial charge in [0.25, 0.3) is 0 Å². The van der Waals surface area contributed by atoms with Crippen LogP contribution in [0.25, 0.3) is 0 Å². The number of carbonyl (C=O) groups is 1. The molecule has 180 valence electrons. The first kappa shape index (κ1) is 29.8. The minimum Gasteiger partial charge on any atom is -0.481 e. The van der Waals surface area contributed by atoms with Crippen molar-refractivity contribution in [1.29, 1.82) is 0 Å². The summed E-state index contributed by atoms with van der Waals surface area (Å²) in [4.78, 5) is 12.1. The fourth-order valence-corrected chi connectivity index (χ4v) is 8.17. The van der Waals surface area contributed by atoms with Crippen LogP contribution in [0.5, 0.6) is 0 Å². The topological polar surface area (TPSA) is 108 Å². The van der Waals surface area contributed by atoms with Crippen molar-refractivity contribution in [1.82, 2.24) is 0 Å². The van der Waals surface area contributed by atoms with Crippen molar-refractivity contribution in [2.24, 2.45) is 5.92 Å². The van der Waals surface area contributed by atoms with Gasteiger partial charge >= 0.3 is 21.2 Å². The van der Waals surface area contributed by atoms with Crippen LogP contribution in [0.1, 0.15) is 83.1 Å². The van der Waals surface area contributed by atoms with Gasteiger partial charge < -0.3 is 23.2 Å². The molecule has 0 aliphatic heterocycles. The fourth-order valence-electron chi connectivity index (χ4n) is 2.61. The summed E-state index contributed by atoms with van der Waals surface area (Å²) < 4.78 is 49.9. The van der Waals surface area contributed by atoms with Gasteiger partial charge in [0.1, 0.15) is 0 Å². The molecule has 0 saturated heterocycles. The fraction of sp³-hybridized carbons (Fsp3) is 0.950. The van der Waals surface area contributed by atoms with Gasteiger partial charge in [0.05, 0.1) is 40.6 Å². The molecule has 0 spiro atoms. The predicted molar refractivity (Wildman–Crippen MR) is 119 cm³/mol. The molecule has 0 amide bonds. The Morgan fingerprint density at radius 3 is 0.967 bits per heavy atom. The van der Waals surface area contributed by atoms with E-state index in [-0.39, 0.29) is 0 Å². The maximum Gasteiger partial charge on any atom is 0.332 e. The van der Waals surface area contributed by atoms with Gasteiger partial charge in [-0.2, -0.15) is 0 Å². The standard InChI is InChI=1S/C20H42O8P2/c1-17(2,3)25-29(23,26-18(4,5)6)13-15(16(21)22)14-30(24,27-19(7,8)9)28-20(10,11)12/h15H,13-14H2,1-12H3,(H,21,22). The summed E-state index contributed by atoms with van der Waals surface area (Å²) in [6.07, 6.45) is -0.913. The molecule has 0 aromatic heterocycles. The average molecular weight is 472 g/mol. The highest BCUT2D eigenvalue weighted by Crippen LogP contribution is 2.60. The van der Waals surface area contributed by atoms with Crippen LogP contribution in [0.3, 0.4) is 0 Å². The predicted octanol–water partition coefficient (Wildman–Crippen LogP) is 6.33. The van der Waals surface area contributed by atoms with Gasteiger partial charge in [0, 0.05) is 0 Å². The smallest absolute Gasteiger partial charge is 0.332 e. The van der Waals surface area contributed by atoms with Crippen LogP contribution < -0.4 is 0 Å². The third-order valence-corrected chi connectivity index (χ3v) is 7.97. The van der Waals surface area contributed by atoms with Crippen LogP contribution >= 0.6 is 15.2 Å². The first-order valence-corrected chi connectivity index (χ1v) is 13.5. The lowest BCUT2D eigenvalue weighted by Gasteiger charge is -2.35. The molecular formula is C20H42O8P2. The molecule has 30 heavy (non-hydrogen) atoms. The van der Waals surface area contributed by atoms with Crippen LogP contribution in [0.15, 0.2) is 0 Å². The molecule has 0 bridgehead atoms. The molecular weight excluding hydrogens is 430 g/mol. The lowest BCUT2D eigenvalue weighted by Crippen LogP contribution is -2.32. The largest absolute Gasteiger partial charge is 0.481 e. The van der Waals surface area contributed by atoms with E-state index in [4.69, 9.17) is 18.1 Å². The maximum atomic E-state index is 13.5. The molecule has 0 heterocycles. The number of rotatable bonds is 9. The van der Waals surface area contributed by atoms with E-state index in [0.717, 1.165) is 0 Å². The second kappa shape index (κ2) is 9.72. The minimum atomic E-state index is -3.87. The SMILES string of the molecule is CC(C)(C)OP(=O)(CC(CP(=O)(OC(C)(C)C)OC(C)(C)C)C(=O)O)OC(C)(C)C. The molecule has 0 aromatic rings. The molecule has 10 heteroatoms. The Morgan fingerprint density at radius 1 is 0.633 bits per heavy atom. The highest BCUT2D eigenvalue weighted by atomic mass is 31.2. The number of carboxylic acid groups (broad SMARTS) is 1. The molecule has 0 radical (unpaired) electrons. The van der Waals surface area contributed by atoms with Crippen molar-refractivity contribution in [3.05, 3.63) is 0 Å². The summed E-state index contributed by atoms with van der Waals surface area (Å²) in [7, 11) is -7.75. The van der Waals surface area contributed by atoms with Crippen molar-refractivity contribution in [3.8, 4) is 0 Å². The Bertz CT molecular complexity index is 583. The van der Waals surface area contributed by atoms with Gasteiger partial charge in [-0.3, -0.25) is 13.9 Å². The van der Waals surface area contributed by atoms with Crippen LogP contribution in [0, 0.1) is 5.92 Å². The van der Waals surface area contributed by atoms with Crippen molar-refractivity contribution in [2.45, 2.75) is 105 Å². The van der Waals surface area contributed by atoms with Crippen LogP contribution in [0.4, 0.5) is 0 Å². The molecule has 0 aliphatic rings. The Kier molecular flexibility index (Phi) is 9.65. The van der Waals surface area contributed by atoms with E-state index >= 15 is 0 Å². The van der Waals surface area contributed by atoms with Crippen molar-refractivity contribution >= 4 is 21.2 Å². The van der Waals surface area contributed by atoms with Crippen LogP contribution in [-0.4, -0.2) is 45.8 Å². The van der Waals surface area contributed by atoms with Gasteiger partial charge in [0.2, 0.25) is 0 Å². The zero-order valence-corrected chi connectivity index (χ0v) is 22.5. The molecule has 1 N–H and O–H groups in total. The summed E-state index contributed by atoms with van der Waals surface area (Å²) in [5.74, 6) is -2.60. The summed E-state index contributed by atoms with van der Waals surface area (Å²) in [6.45, 7) is 20.5. The molecule has 0 aromatic carbocycles. The van der Waals surface area contributed by atoms with Gasteiger partial charge in [-0.15, -0.1) is 0 Å². The Hall–Kier alpha value is -0.230. The number of aliphatic carboxylic acids is 1. The Morgan fingerprint density at radius 2 is 0.833 bits per heavy atom. The van der Waals surface area contributed by atoms with E-state index in [0.29, 0.717) is 0 Å². The molecule has 0 saturated carbocycles. The minimum absolute atomic E-state index is 0.456. The number of carboxylic acids is 1. The summed E-state index contributed by atoms with van der Waals surface area (Å²) in [6, 6.07) is 0. The third kappa shape index (κ3) is 14.0. The average Bonchev–Trinajstić information content (AvgIpc) is 2.26. The molecule has 0 fully saturated rings. The summed E-state index contributed by atoms with van der Waals surface area (Å²) >= 11 is 0. The van der Waals surface area contributed by atoms with Crippen LogP contribution in [-0.2, 0) is 32.0 Å². The first-order chi connectivity index (χ1) is 12.8. The van der Waals surface area contributed by atoms with Crippen molar-refractivity contribution in [3.63, 3.8) is 0 Å². The Balaban J connectivity index is 6.04. The molecule has 0 atom stereocenters. The van der Waals surface area contributed by atoms with E-state index in [9.17, 15) is 19.0 Å². The van der Waals surface area contributed by atoms with E-state index in [1.807, 2.05) is 0 Å². The summed E-state index contributed by atoms with van der Waals surface area (Å²) in [5.41, 5.74) is -3.34. The number of hydrogen-bond donors (Lipinski definition) is 1. The second-order valence-corrected chi connectivity index (χ2v) is 15.3. The molecule has 8 nitrogen and oxygen atoms in total. The number of hydrogen-bond acceptors (Lipinski definition) is 7. The second-order valence-electron chi connectivity index (χ2n) is 11.4. The van der Waals surface area contributed by atoms with Gasteiger partial charge in [-0.05, 0) is 83.1 Å². The zero-order valence-electron chi connectivity index (χ0n) is 20.7. The Labute approximate surface area is 182 Å². The van der Waals surface area contributed by atoms with Gasteiger partial charge in [-0.25, -0.2) is 0 Å². The zero-order chi connectivity index (χ0) is 24.4. The van der Waals surface area contributed by atoms with Crippen molar-refractivity contribution < 1.29 is 37.1 Å². The first-order valence-electron chi connectivity index (χ1n) is 10.1. The van der Waals surface area contributed by atoms with Crippen LogP contribution in [0.2, 0.25) is 0 Å². The monoisotopic (exact) mass is 472 g/mol. The molecule has 0 rings (SSSR count). The normalized spacial score (nSPS) is 15.0. The van der Waals surface area contributed by atoms with Crippen molar-refractivity contribution in [2.75, 3.05) is 12.3 Å². The third-order valence-electron chi connectivity index (χ3n) is 2.89.